The highest BCUT2D eigenvalue weighted by atomic mass is 35.5. The van der Waals surface area contributed by atoms with Crippen molar-refractivity contribution in [2.24, 2.45) is 0 Å². The van der Waals surface area contributed by atoms with Crippen LogP contribution in [0.2, 0.25) is 0 Å². The zero-order valence-corrected chi connectivity index (χ0v) is 12.5. The lowest BCUT2D eigenvalue weighted by atomic mass is 10.1. The third-order valence-electron chi connectivity index (χ3n) is 3.28. The molecule has 2 rings (SSSR count). The third-order valence-corrected chi connectivity index (χ3v) is 5.04. The molecule has 19 heavy (non-hydrogen) atoms. The molecule has 0 aromatic heterocycles. The van der Waals surface area contributed by atoms with E-state index in [1.165, 1.54) is 4.31 Å². The molecule has 0 spiro atoms. The summed E-state index contributed by atoms with van der Waals surface area (Å²) in [6, 6.07) is 7.24. The largest absolute Gasteiger partial charge is 0.301 e. The van der Waals surface area contributed by atoms with Gasteiger partial charge in [0.05, 0.1) is 11.1 Å². The number of alkyl halides is 1. The first kappa shape index (κ1) is 14.6. The fourth-order valence-electron chi connectivity index (χ4n) is 2.25. The molecule has 1 fully saturated rings. The lowest BCUT2D eigenvalue weighted by molar-refractivity contribution is 0.349. The molecule has 1 heterocycles. The summed E-state index contributed by atoms with van der Waals surface area (Å²) in [6.45, 7) is 3.01. The summed E-state index contributed by atoms with van der Waals surface area (Å²) < 4.78 is 28.8. The highest BCUT2D eigenvalue weighted by Crippen LogP contribution is 2.28. The second-order valence-corrected chi connectivity index (χ2v) is 7.10. The van der Waals surface area contributed by atoms with E-state index >= 15 is 0 Å². The Hall–Kier alpha value is -0.780. The highest BCUT2D eigenvalue weighted by Gasteiger charge is 2.24. The van der Waals surface area contributed by atoms with Crippen molar-refractivity contribution in [3.63, 3.8) is 0 Å². The maximum absolute atomic E-state index is 12.3. The topological polar surface area (TPSA) is 49.4 Å². The summed E-state index contributed by atoms with van der Waals surface area (Å²) in [7, 11) is -3.47. The number of nitrogens with zero attached hydrogens (tertiary/aromatic N) is 1. The van der Waals surface area contributed by atoms with Gasteiger partial charge in [-0.2, -0.15) is 12.7 Å². The monoisotopic (exact) mass is 302 g/mol. The van der Waals surface area contributed by atoms with Crippen LogP contribution in [0.15, 0.2) is 24.3 Å². The molecule has 1 saturated heterocycles. The van der Waals surface area contributed by atoms with Gasteiger partial charge in [0, 0.05) is 13.1 Å². The van der Waals surface area contributed by atoms with Crippen LogP contribution in [-0.4, -0.2) is 25.8 Å². The van der Waals surface area contributed by atoms with E-state index in [9.17, 15) is 8.42 Å². The fraction of sp³-hybridized carbons (Fsp3) is 0.538. The van der Waals surface area contributed by atoms with Crippen LogP contribution in [-0.2, 0) is 10.2 Å². The zero-order valence-electron chi connectivity index (χ0n) is 11.0. The van der Waals surface area contributed by atoms with Gasteiger partial charge in [0.2, 0.25) is 0 Å². The first-order chi connectivity index (χ1) is 9.00. The molecular formula is C13H19ClN2O2S. The van der Waals surface area contributed by atoms with Gasteiger partial charge in [0.1, 0.15) is 0 Å². The van der Waals surface area contributed by atoms with Crippen molar-refractivity contribution in [1.29, 1.82) is 0 Å². The SMILES string of the molecule is CC(Cl)c1ccccc1NS(=O)(=O)N1CCCCC1. The second-order valence-electron chi connectivity index (χ2n) is 4.77. The van der Waals surface area contributed by atoms with Gasteiger partial charge >= 0.3 is 10.2 Å². The van der Waals surface area contributed by atoms with Crippen LogP contribution in [0, 0.1) is 0 Å². The molecule has 0 bridgehead atoms. The van der Waals surface area contributed by atoms with Gasteiger partial charge in [-0.3, -0.25) is 4.72 Å². The van der Waals surface area contributed by atoms with Crippen LogP contribution in [0.1, 0.15) is 37.1 Å². The van der Waals surface area contributed by atoms with E-state index in [0.717, 1.165) is 24.8 Å². The lowest BCUT2D eigenvalue weighted by Crippen LogP contribution is -2.39. The minimum Gasteiger partial charge on any atom is -0.271 e. The van der Waals surface area contributed by atoms with E-state index in [4.69, 9.17) is 11.6 Å². The van der Waals surface area contributed by atoms with Crippen molar-refractivity contribution in [2.75, 3.05) is 17.8 Å². The molecule has 0 radical (unpaired) electrons. The van der Waals surface area contributed by atoms with Gasteiger partial charge < -0.3 is 0 Å². The predicted octanol–water partition coefficient (Wildman–Crippen LogP) is 3.13. The van der Waals surface area contributed by atoms with Crippen molar-refractivity contribution >= 4 is 27.5 Å². The number of hydrogen-bond acceptors (Lipinski definition) is 2. The van der Waals surface area contributed by atoms with Crippen LogP contribution in [0.25, 0.3) is 0 Å². The van der Waals surface area contributed by atoms with Crippen LogP contribution >= 0.6 is 11.6 Å². The Morgan fingerprint density at radius 3 is 2.47 bits per heavy atom. The molecule has 1 N–H and O–H groups in total. The number of hydrogen-bond donors (Lipinski definition) is 1. The number of benzene rings is 1. The maximum Gasteiger partial charge on any atom is 0.301 e. The van der Waals surface area contributed by atoms with E-state index in [-0.39, 0.29) is 5.38 Å². The molecule has 4 nitrogen and oxygen atoms in total. The number of para-hydroxylation sites is 1. The number of halogens is 1. The summed E-state index contributed by atoms with van der Waals surface area (Å²) in [5.74, 6) is 0. The van der Waals surface area contributed by atoms with Gasteiger partial charge in [0.25, 0.3) is 0 Å². The van der Waals surface area contributed by atoms with Crippen LogP contribution in [0.5, 0.6) is 0 Å². The van der Waals surface area contributed by atoms with E-state index in [0.29, 0.717) is 18.8 Å². The molecule has 106 valence electrons. The number of rotatable bonds is 4. The smallest absolute Gasteiger partial charge is 0.271 e. The minimum absolute atomic E-state index is 0.236. The number of anilines is 1. The van der Waals surface area contributed by atoms with Crippen LogP contribution < -0.4 is 4.72 Å². The van der Waals surface area contributed by atoms with Crippen LogP contribution in [0.4, 0.5) is 5.69 Å². The molecule has 1 aliphatic heterocycles. The number of piperidine rings is 1. The average Bonchev–Trinajstić information content (AvgIpc) is 2.39. The third kappa shape index (κ3) is 3.61. The first-order valence-electron chi connectivity index (χ1n) is 6.51. The van der Waals surface area contributed by atoms with Crippen molar-refractivity contribution in [2.45, 2.75) is 31.6 Å². The van der Waals surface area contributed by atoms with Gasteiger partial charge in [-0.15, -0.1) is 11.6 Å². The molecule has 1 aromatic rings. The highest BCUT2D eigenvalue weighted by molar-refractivity contribution is 7.90. The maximum atomic E-state index is 12.3. The van der Waals surface area contributed by atoms with Crippen molar-refractivity contribution < 1.29 is 8.42 Å². The summed E-state index contributed by atoms with van der Waals surface area (Å²) >= 11 is 6.07. The molecular weight excluding hydrogens is 284 g/mol. The molecule has 1 aromatic carbocycles. The standard InChI is InChI=1S/C13H19ClN2O2S/c1-11(14)12-7-3-4-8-13(12)15-19(17,18)16-9-5-2-6-10-16/h3-4,7-8,11,15H,2,5-6,9-10H2,1H3. The lowest BCUT2D eigenvalue weighted by Gasteiger charge is -2.26. The van der Waals surface area contributed by atoms with Gasteiger partial charge in [0.15, 0.2) is 0 Å². The molecule has 1 atom stereocenters. The van der Waals surface area contributed by atoms with E-state index in [1.807, 2.05) is 19.1 Å². The van der Waals surface area contributed by atoms with E-state index in [1.54, 1.807) is 12.1 Å². The van der Waals surface area contributed by atoms with Crippen molar-refractivity contribution in [3.8, 4) is 0 Å². The average molecular weight is 303 g/mol. The van der Waals surface area contributed by atoms with E-state index < -0.39 is 10.2 Å². The Balaban J connectivity index is 2.20. The molecule has 1 aliphatic rings. The normalized spacial score (nSPS) is 19.1. The van der Waals surface area contributed by atoms with Crippen LogP contribution in [0.3, 0.4) is 0 Å². The molecule has 0 aliphatic carbocycles. The Bertz CT molecular complexity index is 525. The van der Waals surface area contributed by atoms with Gasteiger partial charge in [-0.05, 0) is 31.4 Å². The second kappa shape index (κ2) is 6.11. The Labute approximate surface area is 119 Å². The first-order valence-corrected chi connectivity index (χ1v) is 8.39. The summed E-state index contributed by atoms with van der Waals surface area (Å²) in [6.07, 6.45) is 2.95. The fourth-order valence-corrected chi connectivity index (χ4v) is 3.77. The number of nitrogens with one attached hydrogen (secondary N) is 1. The quantitative estimate of drug-likeness (QED) is 0.869. The Morgan fingerprint density at radius 1 is 1.21 bits per heavy atom. The molecule has 1 unspecified atom stereocenters. The zero-order chi connectivity index (χ0) is 13.9. The minimum atomic E-state index is -3.47. The predicted molar refractivity (Wildman–Crippen MR) is 78.7 cm³/mol. The Morgan fingerprint density at radius 2 is 1.84 bits per heavy atom. The van der Waals surface area contributed by atoms with Gasteiger partial charge in [-0.25, -0.2) is 0 Å². The molecule has 6 heteroatoms. The van der Waals surface area contributed by atoms with Crippen molar-refractivity contribution in [1.82, 2.24) is 4.31 Å². The summed E-state index contributed by atoms with van der Waals surface area (Å²) in [4.78, 5) is 0. The molecule has 0 amide bonds. The molecule has 0 saturated carbocycles. The Kier molecular flexibility index (Phi) is 4.71. The van der Waals surface area contributed by atoms with Crippen molar-refractivity contribution in [3.05, 3.63) is 29.8 Å². The van der Waals surface area contributed by atoms with Gasteiger partial charge in [-0.1, -0.05) is 24.6 Å². The summed E-state index contributed by atoms with van der Waals surface area (Å²) in [5, 5.41) is -0.236. The summed E-state index contributed by atoms with van der Waals surface area (Å²) in [5.41, 5.74) is 1.36. The van der Waals surface area contributed by atoms with E-state index in [2.05, 4.69) is 4.72 Å².